The first-order valence-corrected chi connectivity index (χ1v) is 19.6. The van der Waals surface area contributed by atoms with Crippen LogP contribution < -0.4 is 26.6 Å². The number of para-hydroxylation sites is 1. The molecule has 0 saturated heterocycles. The van der Waals surface area contributed by atoms with Crippen LogP contribution in [-0.2, 0) is 56.1 Å². The summed E-state index contributed by atoms with van der Waals surface area (Å²) in [5, 5.41) is 41.8. The van der Waals surface area contributed by atoms with Crippen molar-refractivity contribution < 1.29 is 63.1 Å². The van der Waals surface area contributed by atoms with Crippen molar-refractivity contribution in [3.8, 4) is 0 Å². The molecule has 0 bridgehead atoms. The van der Waals surface area contributed by atoms with Crippen LogP contribution in [0.15, 0.2) is 72.8 Å². The van der Waals surface area contributed by atoms with Crippen LogP contribution in [0.25, 0.3) is 0 Å². The SMILES string of the molecule is Cc1cccc(C)c1C(=O)OCC(=O)[C@H](CC(=O)O)NC(=O)[C@H](CO)NC(=O)[C@@H](NC(=O)[C@H](CCCC(=O)O)NC(=O)[C@@H]1Cc2ccccc2N1)[C@@H](C)OCc1ccccc1. The van der Waals surface area contributed by atoms with E-state index in [4.69, 9.17) is 9.47 Å². The predicted molar refractivity (Wildman–Crippen MR) is 218 cm³/mol. The average Bonchev–Trinajstić information content (AvgIpc) is 3.67. The summed E-state index contributed by atoms with van der Waals surface area (Å²) in [6.07, 6.45) is -2.20. The minimum Gasteiger partial charge on any atom is -0.481 e. The van der Waals surface area contributed by atoms with Crippen LogP contribution in [-0.4, -0.2) is 112 Å². The second-order valence-corrected chi connectivity index (χ2v) is 14.6. The van der Waals surface area contributed by atoms with Gasteiger partial charge in [0, 0.05) is 18.5 Å². The number of benzene rings is 3. The second kappa shape index (κ2) is 22.6. The van der Waals surface area contributed by atoms with Crippen LogP contribution in [0.4, 0.5) is 5.69 Å². The molecule has 1 heterocycles. The number of carboxylic acid groups (broad SMARTS) is 2. The Hall–Kier alpha value is -6.66. The van der Waals surface area contributed by atoms with E-state index in [0.717, 1.165) is 11.3 Å². The molecule has 3 aromatic rings. The van der Waals surface area contributed by atoms with Crippen molar-refractivity contribution in [2.75, 3.05) is 18.5 Å². The topological polar surface area (TPSA) is 276 Å². The third-order valence-corrected chi connectivity index (χ3v) is 9.94. The number of ether oxygens (including phenoxy) is 2. The van der Waals surface area contributed by atoms with Gasteiger partial charge in [-0.1, -0.05) is 66.7 Å². The van der Waals surface area contributed by atoms with Crippen molar-refractivity contribution in [3.05, 3.63) is 101 Å². The molecule has 326 valence electrons. The van der Waals surface area contributed by atoms with Gasteiger partial charge in [-0.3, -0.25) is 33.6 Å². The van der Waals surface area contributed by atoms with E-state index < -0.39 is 103 Å². The highest BCUT2D eigenvalue weighted by Gasteiger charge is 2.36. The highest BCUT2D eigenvalue weighted by Crippen LogP contribution is 2.25. The number of carbonyl (C=O) groups excluding carboxylic acids is 6. The van der Waals surface area contributed by atoms with Crippen LogP contribution in [0.5, 0.6) is 0 Å². The van der Waals surface area contributed by atoms with E-state index in [9.17, 15) is 53.7 Å². The van der Waals surface area contributed by atoms with Crippen LogP contribution in [0.3, 0.4) is 0 Å². The summed E-state index contributed by atoms with van der Waals surface area (Å²) in [4.78, 5) is 104. The van der Waals surface area contributed by atoms with Crippen LogP contribution in [0, 0.1) is 13.8 Å². The molecule has 61 heavy (non-hydrogen) atoms. The quantitative estimate of drug-likeness (QED) is 0.0626. The van der Waals surface area contributed by atoms with Gasteiger partial charge in [0.2, 0.25) is 23.6 Å². The molecule has 0 radical (unpaired) electrons. The number of hydrogen-bond donors (Lipinski definition) is 8. The summed E-state index contributed by atoms with van der Waals surface area (Å²) in [5.41, 5.74) is 3.71. The number of anilines is 1. The highest BCUT2D eigenvalue weighted by atomic mass is 16.5. The Bertz CT molecular complexity index is 2030. The van der Waals surface area contributed by atoms with Gasteiger partial charge < -0.3 is 51.4 Å². The fourth-order valence-electron chi connectivity index (χ4n) is 6.60. The largest absolute Gasteiger partial charge is 0.481 e. The molecule has 8 N–H and O–H groups in total. The maximum absolute atomic E-state index is 14.0. The van der Waals surface area contributed by atoms with Crippen LogP contribution in [0.2, 0.25) is 0 Å². The smallest absolute Gasteiger partial charge is 0.339 e. The summed E-state index contributed by atoms with van der Waals surface area (Å²) in [6, 6.07) is 14.0. The summed E-state index contributed by atoms with van der Waals surface area (Å²) < 4.78 is 11.1. The van der Waals surface area contributed by atoms with Crippen LogP contribution >= 0.6 is 0 Å². The van der Waals surface area contributed by atoms with E-state index >= 15 is 0 Å². The number of ketones is 1. The standard InChI is InChI=1S/C43H51N5O13/c1-24-11-9-12-25(2)37(24)43(59)61-23-34(50)31(20-36(53)54)46-41(57)33(21-49)47-42(58)38(26(3)60-22-27-13-5-4-6-14-27)48-39(55)30(17-10-18-35(51)52)45-40(56)32-19-28-15-7-8-16-29(28)44-32/h4-9,11-16,26,30-33,38,44,49H,10,17-23H2,1-3H3,(H,45,56)(H,46,57)(H,47,58)(H,48,55)(H,51,52)(H,53,54)/t26-,30+,31+,32+,33+,38+/m1/s1. The van der Waals surface area contributed by atoms with Gasteiger partial charge in [-0.15, -0.1) is 0 Å². The molecule has 1 aliphatic rings. The summed E-state index contributed by atoms with van der Waals surface area (Å²) >= 11 is 0. The number of aliphatic carboxylic acids is 2. The lowest BCUT2D eigenvalue weighted by Crippen LogP contribution is -2.61. The van der Waals surface area contributed by atoms with E-state index in [-0.39, 0.29) is 31.4 Å². The van der Waals surface area contributed by atoms with Gasteiger partial charge in [-0.2, -0.15) is 0 Å². The van der Waals surface area contributed by atoms with Crippen molar-refractivity contribution in [2.24, 2.45) is 0 Å². The maximum atomic E-state index is 14.0. The molecule has 0 aromatic heterocycles. The minimum atomic E-state index is -1.80. The Balaban J connectivity index is 1.50. The Morgan fingerprint density at radius 3 is 2.03 bits per heavy atom. The van der Waals surface area contributed by atoms with Gasteiger partial charge in [0.1, 0.15) is 30.2 Å². The van der Waals surface area contributed by atoms with Gasteiger partial charge in [0.05, 0.1) is 31.3 Å². The first kappa shape index (κ1) is 47.0. The van der Waals surface area contributed by atoms with Crippen LogP contribution in [0.1, 0.15) is 65.2 Å². The lowest BCUT2D eigenvalue weighted by atomic mass is 10.0. The number of nitrogens with one attached hydrogen (secondary N) is 5. The zero-order chi connectivity index (χ0) is 44.6. The van der Waals surface area contributed by atoms with Gasteiger partial charge >= 0.3 is 17.9 Å². The number of hydrogen-bond acceptors (Lipinski definition) is 12. The number of rotatable bonds is 23. The summed E-state index contributed by atoms with van der Waals surface area (Å²) in [6.45, 7) is 2.82. The monoisotopic (exact) mass is 845 g/mol. The third-order valence-electron chi connectivity index (χ3n) is 9.94. The molecule has 4 amide bonds. The zero-order valence-electron chi connectivity index (χ0n) is 34.0. The van der Waals surface area contributed by atoms with E-state index in [1.807, 2.05) is 12.1 Å². The van der Waals surface area contributed by atoms with Crippen molar-refractivity contribution in [1.29, 1.82) is 0 Å². The lowest BCUT2D eigenvalue weighted by Gasteiger charge is -2.29. The van der Waals surface area contributed by atoms with E-state index in [0.29, 0.717) is 23.1 Å². The predicted octanol–water partition coefficient (Wildman–Crippen LogP) is 1.33. The number of fused-ring (bicyclic) bond motifs is 1. The van der Waals surface area contributed by atoms with E-state index in [1.165, 1.54) is 6.92 Å². The number of aliphatic hydroxyl groups excluding tert-OH is 1. The number of aliphatic hydroxyl groups is 1. The molecule has 18 heteroatoms. The minimum absolute atomic E-state index is 0.0172. The third kappa shape index (κ3) is 14.0. The molecule has 0 saturated carbocycles. The zero-order valence-corrected chi connectivity index (χ0v) is 34.0. The molecule has 0 unspecified atom stereocenters. The van der Waals surface area contributed by atoms with Gasteiger partial charge in [0.25, 0.3) is 0 Å². The van der Waals surface area contributed by atoms with Gasteiger partial charge in [-0.05, 0) is 61.9 Å². The molecular weight excluding hydrogens is 794 g/mol. The molecule has 0 spiro atoms. The molecule has 1 aliphatic heterocycles. The molecule has 6 atom stereocenters. The van der Waals surface area contributed by atoms with E-state index in [1.54, 1.807) is 74.5 Å². The van der Waals surface area contributed by atoms with Gasteiger partial charge in [-0.25, -0.2) is 4.79 Å². The summed E-state index contributed by atoms with van der Waals surface area (Å²) in [5.74, 6) is -8.10. The average molecular weight is 846 g/mol. The fourth-order valence-corrected chi connectivity index (χ4v) is 6.60. The maximum Gasteiger partial charge on any atom is 0.339 e. The fraction of sp³-hybridized carbons (Fsp3) is 0.395. The molecule has 3 aromatic carbocycles. The molecule has 0 aliphatic carbocycles. The number of esters is 1. The number of Topliss-reactive ketones (excluding diaryl/α,β-unsaturated/α-hetero) is 1. The van der Waals surface area contributed by atoms with Crippen molar-refractivity contribution in [2.45, 2.75) is 95.8 Å². The lowest BCUT2D eigenvalue weighted by molar-refractivity contribution is -0.141. The Morgan fingerprint density at radius 2 is 1.39 bits per heavy atom. The Morgan fingerprint density at radius 1 is 0.754 bits per heavy atom. The van der Waals surface area contributed by atoms with Crippen molar-refractivity contribution >= 4 is 53.0 Å². The van der Waals surface area contributed by atoms with Crippen molar-refractivity contribution in [1.82, 2.24) is 21.3 Å². The summed E-state index contributed by atoms with van der Waals surface area (Å²) in [7, 11) is 0. The number of carboxylic acids is 2. The normalized spacial score (nSPS) is 15.3. The van der Waals surface area contributed by atoms with Gasteiger partial charge in [0.15, 0.2) is 12.4 Å². The van der Waals surface area contributed by atoms with E-state index in [2.05, 4.69) is 26.6 Å². The highest BCUT2D eigenvalue weighted by molar-refractivity contribution is 5.99. The Labute approximate surface area is 351 Å². The number of aryl methyl sites for hydroxylation is 2. The first-order valence-electron chi connectivity index (χ1n) is 19.6. The molecule has 0 fully saturated rings. The number of carbonyl (C=O) groups is 8. The molecule has 18 nitrogen and oxygen atoms in total. The first-order chi connectivity index (χ1) is 29.1. The Kier molecular flexibility index (Phi) is 17.5. The van der Waals surface area contributed by atoms with Crippen molar-refractivity contribution in [3.63, 3.8) is 0 Å². The molecule has 4 rings (SSSR count). The second-order valence-electron chi connectivity index (χ2n) is 14.6. The molecular formula is C43H51N5O13. The number of amides is 4.